The monoisotopic (exact) mass is 334 g/mol. The third-order valence-electron chi connectivity index (χ3n) is 6.50. The number of hydrogen-bond donors (Lipinski definition) is 1. The highest BCUT2D eigenvalue weighted by atomic mass is 16.2. The topological polar surface area (TPSA) is 32.3 Å². The number of carbonyl (C=O) groups is 1. The molecule has 1 N–H and O–H groups in total. The summed E-state index contributed by atoms with van der Waals surface area (Å²) in [4.78, 5) is 15.3. The van der Waals surface area contributed by atoms with Crippen LogP contribution in [0.2, 0.25) is 0 Å². The van der Waals surface area contributed by atoms with Crippen molar-refractivity contribution in [1.82, 2.24) is 10.2 Å². The van der Waals surface area contributed by atoms with Gasteiger partial charge in [0.2, 0.25) is 5.91 Å². The minimum Gasteiger partial charge on any atom is -0.353 e. The van der Waals surface area contributed by atoms with Gasteiger partial charge < -0.3 is 10.2 Å². The third-order valence-corrected chi connectivity index (χ3v) is 6.50. The van der Waals surface area contributed by atoms with E-state index in [0.717, 1.165) is 31.8 Å². The second-order valence-electron chi connectivity index (χ2n) is 8.12. The van der Waals surface area contributed by atoms with Crippen molar-refractivity contribution in [1.29, 1.82) is 0 Å². The van der Waals surface area contributed by atoms with Gasteiger partial charge in [0, 0.05) is 24.5 Å². The molecule has 3 fully saturated rings. The van der Waals surface area contributed by atoms with E-state index in [1.165, 1.54) is 35.7 Å². The molecule has 1 amide bonds. The summed E-state index contributed by atoms with van der Waals surface area (Å²) in [6.45, 7) is 2.42. The average Bonchev–Trinajstić information content (AvgIpc) is 3.32. The first-order valence-electron chi connectivity index (χ1n) is 9.81. The molecule has 0 aromatic heterocycles. The van der Waals surface area contributed by atoms with E-state index in [2.05, 4.69) is 52.7 Å². The van der Waals surface area contributed by atoms with Gasteiger partial charge >= 0.3 is 0 Å². The number of amides is 1. The van der Waals surface area contributed by atoms with Crippen molar-refractivity contribution < 1.29 is 4.79 Å². The van der Waals surface area contributed by atoms with Gasteiger partial charge in [-0.3, -0.25) is 4.79 Å². The molecule has 3 aliphatic rings. The molecule has 2 heterocycles. The van der Waals surface area contributed by atoms with Gasteiger partial charge in [0.15, 0.2) is 0 Å². The maximum atomic E-state index is 12.7. The predicted octanol–water partition coefficient (Wildman–Crippen LogP) is 3.69. The van der Waals surface area contributed by atoms with Crippen LogP contribution in [-0.2, 0) is 4.79 Å². The van der Waals surface area contributed by atoms with Crippen LogP contribution in [-0.4, -0.2) is 36.0 Å². The Balaban J connectivity index is 1.22. The molecule has 2 aromatic carbocycles. The Morgan fingerprint density at radius 1 is 1.00 bits per heavy atom. The predicted molar refractivity (Wildman–Crippen MR) is 101 cm³/mol. The Labute approximate surface area is 149 Å². The summed E-state index contributed by atoms with van der Waals surface area (Å²) in [7, 11) is 0. The van der Waals surface area contributed by atoms with Crippen LogP contribution in [0, 0.1) is 5.92 Å². The molecule has 3 heteroatoms. The van der Waals surface area contributed by atoms with E-state index in [0.29, 0.717) is 12.0 Å². The lowest BCUT2D eigenvalue weighted by Gasteiger charge is -2.35. The van der Waals surface area contributed by atoms with Crippen LogP contribution >= 0.6 is 0 Å². The molecule has 0 spiro atoms. The summed E-state index contributed by atoms with van der Waals surface area (Å²) in [6, 6.07) is 16.2. The molecule has 0 radical (unpaired) electrons. The highest BCUT2D eigenvalue weighted by Crippen LogP contribution is 2.48. The largest absolute Gasteiger partial charge is 0.353 e. The molecule has 5 rings (SSSR count). The highest BCUT2D eigenvalue weighted by Gasteiger charge is 2.45. The SMILES string of the molecule is O=C(NC1CCN2CCCC2C1)[C@@H]1C[C@H]1c1ccc2ccccc2c1. The summed E-state index contributed by atoms with van der Waals surface area (Å²) in [5, 5.41) is 5.92. The Morgan fingerprint density at radius 3 is 2.80 bits per heavy atom. The Bertz CT molecular complexity index is 801. The van der Waals surface area contributed by atoms with Crippen molar-refractivity contribution in [2.24, 2.45) is 5.92 Å². The molecule has 2 aliphatic heterocycles. The Kier molecular flexibility index (Phi) is 3.78. The maximum absolute atomic E-state index is 12.7. The summed E-state index contributed by atoms with van der Waals surface area (Å²) in [6.07, 6.45) is 5.93. The fourth-order valence-corrected chi connectivity index (χ4v) is 4.96. The maximum Gasteiger partial charge on any atom is 0.223 e. The van der Waals surface area contributed by atoms with Crippen LogP contribution in [0.1, 0.15) is 43.6 Å². The minimum atomic E-state index is 0.183. The summed E-state index contributed by atoms with van der Waals surface area (Å²) < 4.78 is 0. The van der Waals surface area contributed by atoms with E-state index in [1.54, 1.807) is 0 Å². The van der Waals surface area contributed by atoms with Gasteiger partial charge in [-0.15, -0.1) is 0 Å². The normalized spacial score (nSPS) is 31.7. The Hall–Kier alpha value is -1.87. The van der Waals surface area contributed by atoms with Crippen LogP contribution in [0.25, 0.3) is 10.8 Å². The van der Waals surface area contributed by atoms with E-state index in [1.807, 2.05) is 0 Å². The van der Waals surface area contributed by atoms with Crippen molar-refractivity contribution in [2.45, 2.75) is 50.1 Å². The van der Waals surface area contributed by atoms with Crippen molar-refractivity contribution in [3.8, 4) is 0 Å². The zero-order valence-corrected chi connectivity index (χ0v) is 14.7. The number of fused-ring (bicyclic) bond motifs is 2. The molecule has 4 atom stereocenters. The number of rotatable bonds is 3. The smallest absolute Gasteiger partial charge is 0.223 e. The molecule has 2 unspecified atom stereocenters. The molecular weight excluding hydrogens is 308 g/mol. The third kappa shape index (κ3) is 2.95. The fourth-order valence-electron chi connectivity index (χ4n) is 4.96. The minimum absolute atomic E-state index is 0.183. The summed E-state index contributed by atoms with van der Waals surface area (Å²) in [5.74, 6) is 0.883. The molecule has 130 valence electrons. The van der Waals surface area contributed by atoms with Gasteiger partial charge in [-0.25, -0.2) is 0 Å². The van der Waals surface area contributed by atoms with Crippen molar-refractivity contribution >= 4 is 16.7 Å². The Morgan fingerprint density at radius 2 is 1.88 bits per heavy atom. The molecule has 3 nitrogen and oxygen atoms in total. The lowest BCUT2D eigenvalue weighted by molar-refractivity contribution is -0.123. The van der Waals surface area contributed by atoms with Gasteiger partial charge in [0.05, 0.1) is 0 Å². The first kappa shape index (κ1) is 15.4. The highest BCUT2D eigenvalue weighted by molar-refractivity contribution is 5.86. The number of nitrogens with one attached hydrogen (secondary N) is 1. The number of carbonyl (C=O) groups excluding carboxylic acids is 1. The first-order chi connectivity index (χ1) is 12.3. The quantitative estimate of drug-likeness (QED) is 0.928. The van der Waals surface area contributed by atoms with Crippen molar-refractivity contribution in [3.05, 3.63) is 48.0 Å². The standard InChI is InChI=1S/C22H26N2O/c25-22(23-18-9-11-24-10-3-6-19(24)13-18)21-14-20(21)17-8-7-15-4-1-2-5-16(15)12-17/h1-2,4-5,7-8,12,18-21H,3,6,9-11,13-14H2,(H,23,25)/t18?,19?,20-,21+/m0/s1. The van der Waals surface area contributed by atoms with Gasteiger partial charge in [-0.05, 0) is 60.9 Å². The van der Waals surface area contributed by atoms with Crippen LogP contribution in [0.3, 0.4) is 0 Å². The van der Waals surface area contributed by atoms with Crippen LogP contribution in [0.5, 0.6) is 0 Å². The molecule has 0 bridgehead atoms. The van der Waals surface area contributed by atoms with Gasteiger partial charge in [-0.1, -0.05) is 42.5 Å². The van der Waals surface area contributed by atoms with Gasteiger partial charge in [-0.2, -0.15) is 0 Å². The summed E-state index contributed by atoms with van der Waals surface area (Å²) in [5.41, 5.74) is 1.32. The molecular formula is C22H26N2O. The molecule has 1 saturated carbocycles. The molecule has 2 saturated heterocycles. The van der Waals surface area contributed by atoms with Crippen molar-refractivity contribution in [2.75, 3.05) is 13.1 Å². The van der Waals surface area contributed by atoms with Crippen molar-refractivity contribution in [3.63, 3.8) is 0 Å². The van der Waals surface area contributed by atoms with E-state index in [-0.39, 0.29) is 11.8 Å². The number of piperidine rings is 1. The number of benzene rings is 2. The molecule has 25 heavy (non-hydrogen) atoms. The van der Waals surface area contributed by atoms with E-state index < -0.39 is 0 Å². The first-order valence-corrected chi connectivity index (χ1v) is 9.81. The van der Waals surface area contributed by atoms with E-state index in [4.69, 9.17) is 0 Å². The van der Waals surface area contributed by atoms with Gasteiger partial charge in [0.1, 0.15) is 0 Å². The number of hydrogen-bond acceptors (Lipinski definition) is 2. The van der Waals surface area contributed by atoms with Crippen LogP contribution in [0.15, 0.2) is 42.5 Å². The zero-order valence-electron chi connectivity index (χ0n) is 14.7. The second kappa shape index (κ2) is 6.14. The van der Waals surface area contributed by atoms with Crippen LogP contribution < -0.4 is 5.32 Å². The molecule has 1 aliphatic carbocycles. The van der Waals surface area contributed by atoms with E-state index >= 15 is 0 Å². The second-order valence-corrected chi connectivity index (χ2v) is 8.12. The molecule has 2 aromatic rings. The number of nitrogens with zero attached hydrogens (tertiary/aromatic N) is 1. The van der Waals surface area contributed by atoms with Gasteiger partial charge in [0.25, 0.3) is 0 Å². The lowest BCUT2D eigenvalue weighted by atomic mass is 9.97. The average molecular weight is 334 g/mol. The fraction of sp³-hybridized carbons (Fsp3) is 0.500. The summed E-state index contributed by atoms with van der Waals surface area (Å²) >= 11 is 0. The zero-order chi connectivity index (χ0) is 16.8. The lowest BCUT2D eigenvalue weighted by Crippen LogP contribution is -2.47. The van der Waals surface area contributed by atoms with Crippen LogP contribution in [0.4, 0.5) is 0 Å². The van der Waals surface area contributed by atoms with E-state index in [9.17, 15) is 4.79 Å².